The Balaban J connectivity index is 0.00000704. The normalized spacial score (nSPS) is 13.6. The summed E-state index contributed by atoms with van der Waals surface area (Å²) >= 11 is 0. The molecule has 1 aliphatic heterocycles. The third-order valence-electron chi connectivity index (χ3n) is 16.2. The number of hydrogen-bond donors (Lipinski definition) is 0. The van der Waals surface area contributed by atoms with E-state index >= 15 is 0 Å². The number of pyridine rings is 1. The molecular formula is C73H71N4OPt-3. The second-order valence-corrected chi connectivity index (χ2v) is 24.7. The first kappa shape index (κ1) is 54.9. The Morgan fingerprint density at radius 2 is 0.949 bits per heavy atom. The van der Waals surface area contributed by atoms with Crippen molar-refractivity contribution >= 4 is 33.2 Å². The van der Waals surface area contributed by atoms with Crippen molar-refractivity contribution in [2.45, 2.75) is 110 Å². The van der Waals surface area contributed by atoms with E-state index in [0.29, 0.717) is 11.5 Å². The van der Waals surface area contributed by atoms with Crippen molar-refractivity contribution in [1.29, 1.82) is 0 Å². The molecule has 0 aliphatic carbocycles. The first-order valence-electron chi connectivity index (χ1n) is 27.4. The summed E-state index contributed by atoms with van der Waals surface area (Å²) in [6.07, 6.45) is 1.93. The molecule has 0 spiro atoms. The molecular weight excluding hydrogens is 1140 g/mol. The van der Waals surface area contributed by atoms with E-state index < -0.39 is 10.8 Å². The van der Waals surface area contributed by atoms with Crippen LogP contribution in [0.2, 0.25) is 0 Å². The molecule has 402 valence electrons. The Kier molecular flexibility index (Phi) is 14.6. The molecule has 0 unspecified atom stereocenters. The zero-order valence-electron chi connectivity index (χ0n) is 47.7. The number of fused-ring (bicyclic) bond motifs is 3. The summed E-state index contributed by atoms with van der Waals surface area (Å²) in [7, 11) is 0. The van der Waals surface area contributed by atoms with Gasteiger partial charge in [-0.15, -0.1) is 48.1 Å². The fourth-order valence-electron chi connectivity index (χ4n) is 11.4. The van der Waals surface area contributed by atoms with Gasteiger partial charge in [-0.25, -0.2) is 4.98 Å². The zero-order valence-corrected chi connectivity index (χ0v) is 50.0. The van der Waals surface area contributed by atoms with Crippen LogP contribution in [0.4, 0.5) is 11.4 Å². The van der Waals surface area contributed by atoms with E-state index in [1.165, 1.54) is 39.1 Å². The van der Waals surface area contributed by atoms with Crippen LogP contribution < -0.4 is 14.5 Å². The second kappa shape index (κ2) is 21.0. The molecule has 11 rings (SSSR count). The van der Waals surface area contributed by atoms with Gasteiger partial charge in [-0.05, 0) is 91.1 Å². The molecule has 0 amide bonds. The quantitative estimate of drug-likeness (QED) is 0.114. The van der Waals surface area contributed by atoms with Crippen molar-refractivity contribution in [3.8, 4) is 28.4 Å². The summed E-state index contributed by atoms with van der Waals surface area (Å²) in [6.45, 7) is 30.2. The number of rotatable bonds is 12. The third-order valence-corrected chi connectivity index (χ3v) is 16.2. The molecule has 0 bridgehead atoms. The maximum Gasteiger partial charge on any atom is 0.135 e. The van der Waals surface area contributed by atoms with Gasteiger partial charge in [0.2, 0.25) is 0 Å². The monoisotopic (exact) mass is 1210 g/mol. The van der Waals surface area contributed by atoms with Crippen LogP contribution >= 0.6 is 0 Å². The molecule has 0 N–H and O–H groups in total. The molecule has 8 aromatic carbocycles. The van der Waals surface area contributed by atoms with Crippen molar-refractivity contribution in [2.24, 2.45) is 0 Å². The minimum atomic E-state index is -0.485. The predicted octanol–water partition coefficient (Wildman–Crippen LogP) is 18.8. The van der Waals surface area contributed by atoms with Gasteiger partial charge in [0, 0.05) is 77.6 Å². The minimum absolute atomic E-state index is 0. The molecule has 10 aromatic rings. The maximum absolute atomic E-state index is 6.97. The van der Waals surface area contributed by atoms with Crippen LogP contribution in [0.15, 0.2) is 218 Å². The number of ether oxygens (including phenoxy) is 1. The summed E-state index contributed by atoms with van der Waals surface area (Å²) in [5, 5.41) is 2.18. The molecule has 79 heavy (non-hydrogen) atoms. The smallest absolute Gasteiger partial charge is 0.135 e. The molecule has 0 saturated carbocycles. The third kappa shape index (κ3) is 10.4. The van der Waals surface area contributed by atoms with E-state index in [2.05, 4.69) is 304 Å². The molecule has 0 saturated heterocycles. The molecule has 0 fully saturated rings. The van der Waals surface area contributed by atoms with Crippen LogP contribution in [0.1, 0.15) is 116 Å². The Morgan fingerprint density at radius 3 is 1.52 bits per heavy atom. The topological polar surface area (TPSA) is 33.5 Å². The van der Waals surface area contributed by atoms with Crippen molar-refractivity contribution < 1.29 is 25.8 Å². The molecule has 0 radical (unpaired) electrons. The van der Waals surface area contributed by atoms with Gasteiger partial charge in [-0.2, -0.15) is 12.1 Å². The van der Waals surface area contributed by atoms with E-state index in [9.17, 15) is 0 Å². The van der Waals surface area contributed by atoms with E-state index in [1.807, 2.05) is 18.3 Å². The van der Waals surface area contributed by atoms with Gasteiger partial charge in [0.25, 0.3) is 0 Å². The van der Waals surface area contributed by atoms with Gasteiger partial charge in [-0.1, -0.05) is 228 Å². The second-order valence-electron chi connectivity index (χ2n) is 24.7. The van der Waals surface area contributed by atoms with E-state index in [-0.39, 0.29) is 37.3 Å². The van der Waals surface area contributed by atoms with Crippen molar-refractivity contribution in [3.63, 3.8) is 0 Å². The fourth-order valence-corrected chi connectivity index (χ4v) is 11.4. The van der Waals surface area contributed by atoms with Crippen LogP contribution in [0, 0.1) is 18.8 Å². The largest absolute Gasteiger partial charge is 0.509 e. The van der Waals surface area contributed by atoms with Gasteiger partial charge >= 0.3 is 0 Å². The van der Waals surface area contributed by atoms with Gasteiger partial charge in [0.1, 0.15) is 5.82 Å². The van der Waals surface area contributed by atoms with Gasteiger partial charge < -0.3 is 19.1 Å². The van der Waals surface area contributed by atoms with Crippen molar-refractivity contribution in [3.05, 3.63) is 270 Å². The van der Waals surface area contributed by atoms with Crippen LogP contribution in [-0.2, 0) is 48.1 Å². The fraction of sp³-hybridized carbons (Fsp3) is 0.233. The Labute approximate surface area is 483 Å². The summed E-state index contributed by atoms with van der Waals surface area (Å²) in [4.78, 5) is 9.90. The molecule has 1 aliphatic rings. The van der Waals surface area contributed by atoms with Gasteiger partial charge in [0.05, 0.1) is 0 Å². The number of benzene rings is 8. The van der Waals surface area contributed by atoms with E-state index in [0.717, 1.165) is 55.8 Å². The molecule has 5 nitrogen and oxygen atoms in total. The van der Waals surface area contributed by atoms with Gasteiger partial charge in [0.15, 0.2) is 0 Å². The number of anilines is 2. The number of aromatic nitrogens is 2. The van der Waals surface area contributed by atoms with Crippen LogP contribution in [0.5, 0.6) is 11.5 Å². The Hall–Kier alpha value is -7.46. The predicted molar refractivity (Wildman–Crippen MR) is 326 cm³/mol. The van der Waals surface area contributed by atoms with Crippen LogP contribution in [0.3, 0.4) is 0 Å². The first-order chi connectivity index (χ1) is 37.2. The molecule has 6 heteroatoms. The summed E-state index contributed by atoms with van der Waals surface area (Å²) in [6, 6.07) is 79.4. The van der Waals surface area contributed by atoms with E-state index in [4.69, 9.17) is 9.72 Å². The number of nitrogens with zero attached hydrogens (tertiary/aromatic N) is 4. The summed E-state index contributed by atoms with van der Waals surface area (Å²) < 4.78 is 9.21. The Morgan fingerprint density at radius 1 is 0.418 bits per heavy atom. The maximum atomic E-state index is 6.97. The average molecular weight is 1220 g/mol. The van der Waals surface area contributed by atoms with Crippen LogP contribution in [0.25, 0.3) is 38.8 Å². The van der Waals surface area contributed by atoms with Gasteiger partial charge in [-0.3, -0.25) is 0 Å². The SMILES string of the molecule is CC(C)(C)c1cc(N2[CH-]N(c3[c-]c(Oc4[c-]c5c(cc4)c4cc(-c6ccccc6)ccc4n5-c4cc(C(C)(C)c5ccccc5)ccn4)ccc3)C(C(C)(C)c3ccccc3)=C2C(C)(C)c2ccccc2)cc(C(C)(C)C)c1.[Pt]. The molecule has 0 atom stereocenters. The molecule has 3 heterocycles. The summed E-state index contributed by atoms with van der Waals surface area (Å²) in [5.41, 5.74) is 14.6. The zero-order chi connectivity index (χ0) is 54.8. The molecule has 2 aromatic heterocycles. The minimum Gasteiger partial charge on any atom is -0.509 e. The number of hydrogen-bond acceptors (Lipinski definition) is 4. The summed E-state index contributed by atoms with van der Waals surface area (Å²) in [5.74, 6) is 1.98. The van der Waals surface area contributed by atoms with Crippen molar-refractivity contribution in [1.82, 2.24) is 9.55 Å². The van der Waals surface area contributed by atoms with Crippen molar-refractivity contribution in [2.75, 3.05) is 9.80 Å². The first-order valence-corrected chi connectivity index (χ1v) is 27.4. The Bertz CT molecular complexity index is 3810. The van der Waals surface area contributed by atoms with Crippen LogP contribution in [-0.4, -0.2) is 9.55 Å². The standard InChI is InChI=1S/C73H71N4O.Pt/c1-69(2,3)56-43-57(70(4,5)6)45-59(44-56)76-49-75(67(72(9,10)53-30-21-15-22-31-53)68(76)73(11,12)54-32-23-16-24-33-54)58-34-25-35-60(47-58)78-61-37-38-62-63-42-51(50-26-17-13-18-27-50)36-39-64(63)77(65(62)48-61)66-46-55(40-41-74-66)71(7,8)52-28-19-14-20-29-52;/h13-46,49H,1-12H3;/q-3;. The van der Waals surface area contributed by atoms with E-state index in [1.54, 1.807) is 0 Å². The average Bonchev–Trinajstić information content (AvgIpc) is 4.15. The number of allylic oxidation sites excluding steroid dienone is 2.